The molecule has 0 N–H and O–H groups in total. The Kier molecular flexibility index (Phi) is 10.5. The smallest absolute Gasteiger partial charge is 0.344 e. The second-order valence-corrected chi connectivity index (χ2v) is 10.3. The molecule has 0 spiro atoms. The molecule has 4 rings (SSSR count). The van der Waals surface area contributed by atoms with Gasteiger partial charge in [-0.25, -0.2) is 9.78 Å². The molecule has 12 nitrogen and oxygen atoms in total. The Bertz CT molecular complexity index is 1810. The summed E-state index contributed by atoms with van der Waals surface area (Å²) in [6.45, 7) is 11.6. The summed E-state index contributed by atoms with van der Waals surface area (Å²) < 4.78 is 23.1. The van der Waals surface area contributed by atoms with Gasteiger partial charge in [0.1, 0.15) is 5.75 Å². The number of para-hydroxylation sites is 1. The Morgan fingerprint density at radius 1 is 1.02 bits per heavy atom. The molecule has 4 aromatic rings. The number of fused-ring (bicyclic) bond motifs is 1. The molecule has 0 bridgehead atoms. The van der Waals surface area contributed by atoms with Crippen LogP contribution in [0.4, 0.5) is 5.69 Å². The van der Waals surface area contributed by atoms with E-state index in [2.05, 4.69) is 18.9 Å². The van der Waals surface area contributed by atoms with Gasteiger partial charge in [0.25, 0.3) is 5.56 Å². The summed E-state index contributed by atoms with van der Waals surface area (Å²) in [5.74, 6) is 0.311. The fourth-order valence-electron chi connectivity index (χ4n) is 4.76. The van der Waals surface area contributed by atoms with Crippen molar-refractivity contribution in [2.24, 2.45) is 5.10 Å². The number of carbonyl (C=O) groups excluding carboxylic acids is 1. The normalized spacial score (nSPS) is 11.3. The van der Waals surface area contributed by atoms with Crippen molar-refractivity contribution in [1.82, 2.24) is 9.66 Å². The number of aryl methyl sites for hydroxylation is 1. The van der Waals surface area contributed by atoms with Crippen molar-refractivity contribution in [3.05, 3.63) is 85.7 Å². The number of benzene rings is 3. The van der Waals surface area contributed by atoms with E-state index >= 15 is 0 Å². The zero-order valence-electron chi connectivity index (χ0n) is 26.2. The van der Waals surface area contributed by atoms with Crippen molar-refractivity contribution in [2.75, 3.05) is 26.4 Å². The third-order valence-electron chi connectivity index (χ3n) is 6.79. The van der Waals surface area contributed by atoms with Gasteiger partial charge < -0.3 is 18.9 Å². The van der Waals surface area contributed by atoms with E-state index in [1.807, 2.05) is 26.0 Å². The molecule has 3 aromatic carbocycles. The van der Waals surface area contributed by atoms with Crippen LogP contribution >= 0.6 is 0 Å². The van der Waals surface area contributed by atoms with E-state index in [0.29, 0.717) is 28.9 Å². The largest absolute Gasteiger partial charge is 0.494 e. The molecule has 0 saturated carbocycles. The van der Waals surface area contributed by atoms with Gasteiger partial charge >= 0.3 is 11.7 Å². The van der Waals surface area contributed by atoms with E-state index < -0.39 is 28.7 Å². The van der Waals surface area contributed by atoms with E-state index in [9.17, 15) is 19.7 Å². The third-order valence-corrected chi connectivity index (χ3v) is 6.79. The summed E-state index contributed by atoms with van der Waals surface area (Å²) in [6, 6.07) is 13.6. The average molecular weight is 617 g/mol. The van der Waals surface area contributed by atoms with E-state index in [1.54, 1.807) is 38.1 Å². The first-order valence-corrected chi connectivity index (χ1v) is 14.7. The van der Waals surface area contributed by atoms with Crippen LogP contribution in [-0.4, -0.2) is 53.2 Å². The van der Waals surface area contributed by atoms with Gasteiger partial charge in [-0.1, -0.05) is 26.0 Å². The summed E-state index contributed by atoms with van der Waals surface area (Å²) in [4.78, 5) is 41.9. The highest BCUT2D eigenvalue weighted by molar-refractivity contribution is 5.85. The summed E-state index contributed by atoms with van der Waals surface area (Å²) in [5, 5.41) is 16.9. The zero-order chi connectivity index (χ0) is 32.7. The van der Waals surface area contributed by atoms with E-state index in [4.69, 9.17) is 23.9 Å². The van der Waals surface area contributed by atoms with Crippen LogP contribution in [-0.2, 0) is 9.53 Å². The molecule has 45 heavy (non-hydrogen) atoms. The summed E-state index contributed by atoms with van der Waals surface area (Å²) >= 11 is 0. The topological polar surface area (TPSA) is 144 Å². The number of esters is 1. The minimum atomic E-state index is -0.680. The molecule has 0 aliphatic heterocycles. The molecule has 0 amide bonds. The van der Waals surface area contributed by atoms with Gasteiger partial charge in [-0.3, -0.25) is 14.9 Å². The first kappa shape index (κ1) is 32.6. The molecule has 1 heterocycles. The van der Waals surface area contributed by atoms with Crippen LogP contribution in [0.2, 0.25) is 0 Å². The highest BCUT2D eigenvalue weighted by Gasteiger charge is 2.24. The maximum Gasteiger partial charge on any atom is 0.344 e. The van der Waals surface area contributed by atoms with Crippen molar-refractivity contribution in [3.63, 3.8) is 0 Å². The molecule has 0 radical (unpaired) electrons. The van der Waals surface area contributed by atoms with Gasteiger partial charge in [0.15, 0.2) is 18.2 Å². The van der Waals surface area contributed by atoms with Gasteiger partial charge in [-0.2, -0.15) is 9.78 Å². The van der Waals surface area contributed by atoms with Gasteiger partial charge in [-0.05, 0) is 75.1 Å². The number of hydrogen-bond donors (Lipinski definition) is 0. The van der Waals surface area contributed by atoms with Crippen LogP contribution in [0.3, 0.4) is 0 Å². The minimum Gasteiger partial charge on any atom is -0.494 e. The molecule has 12 heteroatoms. The molecule has 236 valence electrons. The van der Waals surface area contributed by atoms with Crippen LogP contribution < -0.4 is 19.8 Å². The van der Waals surface area contributed by atoms with Gasteiger partial charge in [-0.15, -0.1) is 0 Å². The highest BCUT2D eigenvalue weighted by atomic mass is 16.6. The summed E-state index contributed by atoms with van der Waals surface area (Å²) in [7, 11) is 0. The lowest BCUT2D eigenvalue weighted by Crippen LogP contribution is -2.21. The predicted octanol–water partition coefficient (Wildman–Crippen LogP) is 6.03. The Morgan fingerprint density at radius 2 is 1.73 bits per heavy atom. The minimum absolute atomic E-state index is 0.0330. The lowest BCUT2D eigenvalue weighted by Gasteiger charge is -2.18. The number of carbonyl (C=O) groups is 1. The Morgan fingerprint density at radius 3 is 2.40 bits per heavy atom. The van der Waals surface area contributed by atoms with Crippen LogP contribution in [0, 0.1) is 17.0 Å². The highest BCUT2D eigenvalue weighted by Crippen LogP contribution is 2.39. The Labute approximate surface area is 260 Å². The Balaban J connectivity index is 1.90. The molecule has 0 aliphatic carbocycles. The lowest BCUT2D eigenvalue weighted by atomic mass is 9.96. The fourth-order valence-corrected chi connectivity index (χ4v) is 4.76. The summed E-state index contributed by atoms with van der Waals surface area (Å²) in [5.41, 5.74) is 2.36. The van der Waals surface area contributed by atoms with Crippen molar-refractivity contribution < 1.29 is 28.7 Å². The van der Waals surface area contributed by atoms with Crippen molar-refractivity contribution >= 4 is 28.8 Å². The molecule has 1 aromatic heterocycles. The number of rotatable bonds is 13. The van der Waals surface area contributed by atoms with Gasteiger partial charge in [0.05, 0.1) is 41.9 Å². The van der Waals surface area contributed by atoms with Crippen molar-refractivity contribution in [3.8, 4) is 28.6 Å². The SMILES string of the molecule is CCOC(=O)COc1c(OCC)cc(C=Nn2c(-c3cc(C(C)C)c(OCC)cc3C)nc3ccccc3c2=O)cc1[N+](=O)[O-]. The fraction of sp³-hybridized carbons (Fsp3) is 0.333. The lowest BCUT2D eigenvalue weighted by molar-refractivity contribution is -0.385. The number of ether oxygens (including phenoxy) is 4. The van der Waals surface area contributed by atoms with Crippen LogP contribution in [0.25, 0.3) is 22.3 Å². The number of nitro groups is 1. The van der Waals surface area contributed by atoms with Crippen molar-refractivity contribution in [1.29, 1.82) is 0 Å². The van der Waals surface area contributed by atoms with Crippen LogP contribution in [0.1, 0.15) is 57.2 Å². The Hall–Kier alpha value is -5.26. The monoisotopic (exact) mass is 616 g/mol. The number of nitro benzene ring substituents is 1. The first-order chi connectivity index (χ1) is 21.6. The van der Waals surface area contributed by atoms with Gasteiger partial charge in [0, 0.05) is 17.2 Å². The maximum atomic E-state index is 13.8. The van der Waals surface area contributed by atoms with Crippen molar-refractivity contribution in [2.45, 2.75) is 47.5 Å². The van der Waals surface area contributed by atoms with Crippen LogP contribution in [0.5, 0.6) is 17.2 Å². The molecular weight excluding hydrogens is 580 g/mol. The number of nitrogens with zero attached hydrogens (tertiary/aromatic N) is 4. The quantitative estimate of drug-likeness (QED) is 0.0761. The average Bonchev–Trinajstić information content (AvgIpc) is 3.00. The second-order valence-electron chi connectivity index (χ2n) is 10.3. The third kappa shape index (κ3) is 7.28. The molecule has 0 unspecified atom stereocenters. The molecule has 0 aliphatic rings. The number of hydrogen-bond acceptors (Lipinski definition) is 10. The standard InChI is InChI=1S/C33H36N4O8/c1-7-42-28-14-21(6)25(17-24(28)20(4)5)32-35-26-13-11-10-12-23(26)33(39)36(32)34-18-22-15-27(37(40)41)31(29(16-22)43-8-2)45-19-30(38)44-9-3/h10-18,20H,7-9,19H2,1-6H3. The molecular formula is C33H36N4O8. The second kappa shape index (κ2) is 14.5. The van der Waals surface area contributed by atoms with E-state index in [0.717, 1.165) is 16.9 Å². The van der Waals surface area contributed by atoms with Gasteiger partial charge in [0.2, 0.25) is 5.75 Å². The zero-order valence-corrected chi connectivity index (χ0v) is 26.2. The first-order valence-electron chi connectivity index (χ1n) is 14.7. The van der Waals surface area contributed by atoms with E-state index in [1.165, 1.54) is 23.0 Å². The number of aromatic nitrogens is 2. The molecule has 0 saturated heterocycles. The summed E-state index contributed by atoms with van der Waals surface area (Å²) in [6.07, 6.45) is 1.32. The predicted molar refractivity (Wildman–Crippen MR) is 171 cm³/mol. The molecule has 0 fully saturated rings. The maximum absolute atomic E-state index is 13.8. The molecule has 0 atom stereocenters. The van der Waals surface area contributed by atoms with E-state index in [-0.39, 0.29) is 36.2 Å². The van der Waals surface area contributed by atoms with Crippen LogP contribution in [0.15, 0.2) is 58.4 Å².